The first-order valence-corrected chi connectivity index (χ1v) is 5.46. The van der Waals surface area contributed by atoms with Crippen molar-refractivity contribution in [2.45, 2.75) is 13.0 Å². The van der Waals surface area contributed by atoms with Gasteiger partial charge in [-0.3, -0.25) is 4.68 Å². The quantitative estimate of drug-likeness (QED) is 0.931. The van der Waals surface area contributed by atoms with E-state index in [1.54, 1.807) is 24.1 Å². The zero-order valence-corrected chi connectivity index (χ0v) is 11.5. The van der Waals surface area contributed by atoms with Gasteiger partial charge in [0.15, 0.2) is 0 Å². The normalized spacial score (nSPS) is 12.6. The molecule has 1 aromatic heterocycles. The smallest absolute Gasteiger partial charge is 0.123 e. The van der Waals surface area contributed by atoms with Crippen LogP contribution in [0.5, 0.6) is 5.75 Å². The molecule has 0 radical (unpaired) electrons. The molecule has 2 rings (SSSR count). The number of halogens is 1. The topological polar surface area (TPSA) is 53.1 Å². The average molecular weight is 269 g/mol. The van der Waals surface area contributed by atoms with Crippen molar-refractivity contribution >= 4 is 12.4 Å². The summed E-state index contributed by atoms with van der Waals surface area (Å²) in [6, 6.07) is 3.88. The number of ether oxygens (including phenoxy) is 1. The van der Waals surface area contributed by atoms with Crippen molar-refractivity contribution in [2.24, 2.45) is 12.8 Å². The third-order valence-corrected chi connectivity index (χ3v) is 2.66. The summed E-state index contributed by atoms with van der Waals surface area (Å²) in [5, 5.41) is 4.13. The van der Waals surface area contributed by atoms with Crippen LogP contribution in [0, 0.1) is 0 Å². The van der Waals surface area contributed by atoms with Gasteiger partial charge in [0, 0.05) is 30.4 Å². The molecule has 0 amide bonds. The Labute approximate surface area is 115 Å². The minimum absolute atomic E-state index is 0. The molecule has 2 N–H and O–H groups in total. The number of benzene rings is 1. The maximum Gasteiger partial charge on any atom is 0.123 e. The van der Waals surface area contributed by atoms with Crippen LogP contribution in [-0.2, 0) is 7.05 Å². The molecular weight excluding hydrogens is 250 g/mol. The van der Waals surface area contributed by atoms with E-state index in [1.165, 1.54) is 0 Å². The Kier molecular flexibility index (Phi) is 4.23. The summed E-state index contributed by atoms with van der Waals surface area (Å²) in [4.78, 5) is 0. The number of aryl methyl sites for hydroxylation is 1. The molecule has 1 atom stereocenters. The molecule has 0 spiro atoms. The van der Waals surface area contributed by atoms with E-state index in [2.05, 4.69) is 5.10 Å². The molecule has 98 valence electrons. The van der Waals surface area contributed by atoms with E-state index in [4.69, 9.17) is 11.8 Å². The molecule has 1 heterocycles. The van der Waals surface area contributed by atoms with Gasteiger partial charge in [0.05, 0.1) is 14.7 Å². The number of rotatable bonds is 3. The Hall–Kier alpha value is -1.52. The first kappa shape index (κ1) is 12.9. The van der Waals surface area contributed by atoms with Crippen LogP contribution < -0.4 is 10.5 Å². The summed E-state index contributed by atoms with van der Waals surface area (Å²) in [5.74, 6) is 0.539. The van der Waals surface area contributed by atoms with Crippen LogP contribution in [0.3, 0.4) is 0 Å². The van der Waals surface area contributed by atoms with E-state index in [9.17, 15) is 0 Å². The van der Waals surface area contributed by atoms with Gasteiger partial charge in [0.1, 0.15) is 5.75 Å². The van der Waals surface area contributed by atoms with Crippen LogP contribution in [-0.4, -0.2) is 16.9 Å². The molecular formula is C13H18ClN3O. The van der Waals surface area contributed by atoms with Gasteiger partial charge in [0.2, 0.25) is 0 Å². The van der Waals surface area contributed by atoms with Crippen molar-refractivity contribution in [3.63, 3.8) is 0 Å². The van der Waals surface area contributed by atoms with E-state index in [0.717, 1.165) is 16.7 Å². The van der Waals surface area contributed by atoms with Gasteiger partial charge < -0.3 is 10.5 Å². The Morgan fingerprint density at radius 2 is 2.22 bits per heavy atom. The largest absolute Gasteiger partial charge is 0.496 e. The van der Waals surface area contributed by atoms with Crippen LogP contribution in [0.2, 0.25) is 0 Å². The van der Waals surface area contributed by atoms with E-state index in [-0.39, 0.29) is 18.4 Å². The van der Waals surface area contributed by atoms with Gasteiger partial charge in [-0.2, -0.15) is 5.10 Å². The van der Waals surface area contributed by atoms with Crippen molar-refractivity contribution in [1.82, 2.24) is 9.78 Å². The fraction of sp³-hybridized carbons (Fsp3) is 0.308. The van der Waals surface area contributed by atoms with Crippen LogP contribution >= 0.6 is 12.4 Å². The van der Waals surface area contributed by atoms with Gasteiger partial charge in [-0.1, -0.05) is 6.07 Å². The van der Waals surface area contributed by atoms with Gasteiger partial charge >= 0.3 is 0 Å². The zero-order chi connectivity index (χ0) is 13.3. The minimum atomic E-state index is -0.180. The molecule has 0 bridgehead atoms. The van der Waals surface area contributed by atoms with Crippen LogP contribution in [0.15, 0.2) is 30.6 Å². The zero-order valence-electron chi connectivity index (χ0n) is 11.7. The van der Waals surface area contributed by atoms with Crippen molar-refractivity contribution in [1.29, 1.82) is 0 Å². The fourth-order valence-electron chi connectivity index (χ4n) is 1.75. The molecule has 18 heavy (non-hydrogen) atoms. The Balaban J connectivity index is 0.00000180. The third-order valence-electron chi connectivity index (χ3n) is 2.66. The standard InChI is InChI=1S/C13H17N3O.ClH/c1-9(14)12-6-10(4-5-13(12)17-3)11-7-15-16(2)8-11;/h4-9H,14H2,1-3H3;1H/t9-;/m1./s1/i5D;. The third kappa shape index (κ3) is 2.83. The number of nitrogens with two attached hydrogens (primary N) is 1. The second kappa shape index (κ2) is 5.89. The highest BCUT2D eigenvalue weighted by Crippen LogP contribution is 2.29. The summed E-state index contributed by atoms with van der Waals surface area (Å²) in [7, 11) is 3.42. The molecule has 0 aliphatic rings. The molecule has 0 unspecified atom stereocenters. The molecule has 0 aliphatic carbocycles. The lowest BCUT2D eigenvalue weighted by molar-refractivity contribution is 0.407. The summed E-state index contributed by atoms with van der Waals surface area (Å²) in [6.07, 6.45) is 3.68. The number of hydrogen-bond donors (Lipinski definition) is 1. The Morgan fingerprint density at radius 1 is 1.50 bits per heavy atom. The lowest BCUT2D eigenvalue weighted by atomic mass is 10.0. The van der Waals surface area contributed by atoms with Gasteiger partial charge in [-0.05, 0) is 24.6 Å². The number of aromatic nitrogens is 2. The van der Waals surface area contributed by atoms with Crippen LogP contribution in [0.25, 0.3) is 11.1 Å². The maximum atomic E-state index is 7.99. The van der Waals surface area contributed by atoms with Crippen LogP contribution in [0.4, 0.5) is 0 Å². The van der Waals surface area contributed by atoms with E-state index < -0.39 is 0 Å². The van der Waals surface area contributed by atoms with Crippen molar-refractivity contribution in [3.8, 4) is 16.9 Å². The summed E-state index contributed by atoms with van der Waals surface area (Å²) >= 11 is 0. The predicted molar refractivity (Wildman–Crippen MR) is 75.0 cm³/mol. The number of methoxy groups -OCH3 is 1. The molecule has 0 saturated carbocycles. The van der Waals surface area contributed by atoms with Crippen molar-refractivity contribution in [2.75, 3.05) is 7.11 Å². The second-order valence-electron chi connectivity index (χ2n) is 4.07. The first-order valence-electron chi connectivity index (χ1n) is 5.96. The van der Waals surface area contributed by atoms with Gasteiger partial charge in [-0.25, -0.2) is 0 Å². The maximum absolute atomic E-state index is 7.99. The van der Waals surface area contributed by atoms with E-state index >= 15 is 0 Å². The Bertz CT molecular complexity index is 569. The molecule has 0 saturated heterocycles. The fourth-order valence-corrected chi connectivity index (χ4v) is 1.75. The predicted octanol–water partition coefficient (Wildman–Crippen LogP) is 2.54. The van der Waals surface area contributed by atoms with E-state index in [1.807, 2.05) is 26.2 Å². The molecule has 0 fully saturated rings. The monoisotopic (exact) mass is 268 g/mol. The summed E-state index contributed by atoms with van der Waals surface area (Å²) < 4.78 is 15.0. The number of hydrogen-bond acceptors (Lipinski definition) is 3. The highest BCUT2D eigenvalue weighted by atomic mass is 35.5. The summed E-state index contributed by atoms with van der Waals surface area (Å²) in [6.45, 7) is 1.88. The van der Waals surface area contributed by atoms with Crippen molar-refractivity contribution in [3.05, 3.63) is 36.1 Å². The average Bonchev–Trinajstić information content (AvgIpc) is 2.74. The first-order chi connectivity index (χ1) is 8.52. The van der Waals surface area contributed by atoms with Crippen molar-refractivity contribution < 1.29 is 6.11 Å². The SMILES string of the molecule is Cl.[2H]c1cc(-c2cnn(C)c2)cc([C@@H](C)N)c1OC. The van der Waals surface area contributed by atoms with Crippen LogP contribution in [0.1, 0.15) is 19.9 Å². The second-order valence-corrected chi connectivity index (χ2v) is 4.07. The molecule has 1 aromatic carbocycles. The van der Waals surface area contributed by atoms with E-state index in [0.29, 0.717) is 11.8 Å². The van der Waals surface area contributed by atoms with Gasteiger partial charge in [0.25, 0.3) is 0 Å². The molecule has 5 heteroatoms. The number of nitrogens with zero attached hydrogens (tertiary/aromatic N) is 2. The Morgan fingerprint density at radius 3 is 2.72 bits per heavy atom. The molecule has 2 aromatic rings. The lowest BCUT2D eigenvalue weighted by Crippen LogP contribution is -2.07. The van der Waals surface area contributed by atoms with Gasteiger partial charge in [-0.15, -0.1) is 12.4 Å². The molecule has 0 aliphatic heterocycles. The minimum Gasteiger partial charge on any atom is -0.496 e. The lowest BCUT2D eigenvalue weighted by Gasteiger charge is -2.12. The summed E-state index contributed by atoms with van der Waals surface area (Å²) in [5.41, 5.74) is 8.66. The highest BCUT2D eigenvalue weighted by molar-refractivity contribution is 5.85. The highest BCUT2D eigenvalue weighted by Gasteiger charge is 2.10. The molecule has 4 nitrogen and oxygen atoms in total.